The number of hydrogen-bond donors (Lipinski definition) is 1. The lowest BCUT2D eigenvalue weighted by Crippen LogP contribution is -2.51. The van der Waals surface area contributed by atoms with E-state index in [-0.39, 0.29) is 17.1 Å². The van der Waals surface area contributed by atoms with Crippen LogP contribution in [0.2, 0.25) is 0 Å². The average molecular weight is 450 g/mol. The number of ether oxygens (including phenoxy) is 1. The summed E-state index contributed by atoms with van der Waals surface area (Å²) in [6.45, 7) is 2.64. The first-order valence-corrected chi connectivity index (χ1v) is 10.2. The van der Waals surface area contributed by atoms with Gasteiger partial charge in [-0.05, 0) is 32.0 Å². The number of nitrogens with zero attached hydrogens (tertiary/aromatic N) is 1. The lowest BCUT2D eigenvalue weighted by Gasteiger charge is -2.39. The second kappa shape index (κ2) is 6.83. The maximum atomic E-state index is 14.9. The van der Waals surface area contributed by atoms with Crippen molar-refractivity contribution in [1.82, 2.24) is 0 Å². The van der Waals surface area contributed by atoms with E-state index in [0.29, 0.717) is 17.0 Å². The van der Waals surface area contributed by atoms with Crippen molar-refractivity contribution in [3.05, 3.63) is 47.5 Å². The van der Waals surface area contributed by atoms with Gasteiger partial charge in [0.15, 0.2) is 11.4 Å². The lowest BCUT2D eigenvalue weighted by atomic mass is 10.0. The highest BCUT2D eigenvalue weighted by molar-refractivity contribution is 7.92. The highest BCUT2D eigenvalue weighted by Crippen LogP contribution is 2.46. The van der Waals surface area contributed by atoms with Crippen molar-refractivity contribution in [2.45, 2.75) is 25.6 Å². The van der Waals surface area contributed by atoms with E-state index in [1.165, 1.54) is 13.8 Å². The molecule has 0 bridgehead atoms. The van der Waals surface area contributed by atoms with Gasteiger partial charge in [-0.15, -0.1) is 0 Å². The van der Waals surface area contributed by atoms with Crippen LogP contribution >= 0.6 is 0 Å². The second-order valence-corrected chi connectivity index (χ2v) is 8.84. The molecule has 0 fully saturated rings. The normalized spacial score (nSPS) is 16.1. The van der Waals surface area contributed by atoms with Gasteiger partial charge in [0.2, 0.25) is 10.0 Å². The third-order valence-corrected chi connectivity index (χ3v) is 4.76. The molecule has 0 radical (unpaired) electrons. The van der Waals surface area contributed by atoms with Crippen molar-refractivity contribution in [2.75, 3.05) is 15.9 Å². The van der Waals surface area contributed by atoms with Crippen LogP contribution < -0.4 is 14.4 Å². The van der Waals surface area contributed by atoms with E-state index < -0.39 is 50.6 Å². The molecule has 2 aromatic rings. The Morgan fingerprint density at radius 2 is 1.70 bits per heavy atom. The molecular weight excluding hydrogens is 435 g/mol. The summed E-state index contributed by atoms with van der Waals surface area (Å²) in [4.78, 5) is 13.5. The molecule has 0 saturated heterocycles. The Labute approximate surface area is 168 Å². The van der Waals surface area contributed by atoms with E-state index in [2.05, 4.69) is 4.72 Å². The summed E-state index contributed by atoms with van der Waals surface area (Å²) in [6, 6.07) is 3.62. The Kier molecular flexibility index (Phi) is 4.96. The zero-order valence-corrected chi connectivity index (χ0v) is 16.6. The van der Waals surface area contributed by atoms with Crippen molar-refractivity contribution >= 4 is 33.0 Å². The lowest BCUT2D eigenvalue weighted by molar-refractivity contribution is -0.140. The van der Waals surface area contributed by atoms with Crippen LogP contribution in [0.1, 0.15) is 19.4 Å². The number of anilines is 3. The molecule has 0 aromatic heterocycles. The molecule has 0 saturated carbocycles. The smallest absolute Gasteiger partial charge is 0.419 e. The first-order valence-electron chi connectivity index (χ1n) is 8.32. The van der Waals surface area contributed by atoms with Gasteiger partial charge in [-0.2, -0.15) is 13.2 Å². The monoisotopic (exact) mass is 450 g/mol. The number of hydrogen-bond acceptors (Lipinski definition) is 4. The number of sulfonamides is 1. The van der Waals surface area contributed by atoms with E-state index in [0.717, 1.165) is 24.5 Å². The van der Waals surface area contributed by atoms with Crippen LogP contribution in [0.15, 0.2) is 30.3 Å². The average Bonchev–Trinajstić information content (AvgIpc) is 2.53. The van der Waals surface area contributed by atoms with Gasteiger partial charge in [-0.3, -0.25) is 14.4 Å². The number of halogens is 5. The van der Waals surface area contributed by atoms with Crippen molar-refractivity contribution in [3.8, 4) is 5.75 Å². The third-order valence-electron chi connectivity index (χ3n) is 4.15. The number of nitrogens with one attached hydrogen (secondary N) is 1. The first-order chi connectivity index (χ1) is 13.6. The summed E-state index contributed by atoms with van der Waals surface area (Å²) in [5.41, 5.74) is -4.19. The molecule has 1 amide bonds. The van der Waals surface area contributed by atoms with E-state index in [4.69, 9.17) is 4.74 Å². The van der Waals surface area contributed by atoms with E-state index in [1.54, 1.807) is 0 Å². The number of carbonyl (C=O) groups excluding carboxylic acids is 1. The Morgan fingerprint density at radius 1 is 1.07 bits per heavy atom. The number of benzene rings is 2. The summed E-state index contributed by atoms with van der Waals surface area (Å²) in [5, 5.41) is 0. The molecule has 0 aliphatic carbocycles. The van der Waals surface area contributed by atoms with Gasteiger partial charge in [-0.1, -0.05) is 0 Å². The van der Waals surface area contributed by atoms with Gasteiger partial charge in [0.05, 0.1) is 23.2 Å². The minimum absolute atomic E-state index is 0.197. The summed E-state index contributed by atoms with van der Waals surface area (Å²) in [7, 11) is -3.76. The van der Waals surface area contributed by atoms with Gasteiger partial charge < -0.3 is 4.74 Å². The standard InChI is InChI=1S/C18H15F5N2O4S/c1-17(2)16(26)25(10-4-5-11(12(19)8-10)18(21,22)23)15-13(20)6-9(7-14(15)29-17)24-30(3,27)28/h4-8,24H,1-3H3. The fraction of sp³-hybridized carbons (Fsp3) is 0.278. The van der Waals surface area contributed by atoms with E-state index in [1.807, 2.05) is 0 Å². The molecule has 1 aliphatic rings. The second-order valence-electron chi connectivity index (χ2n) is 7.09. The Morgan fingerprint density at radius 3 is 2.23 bits per heavy atom. The van der Waals surface area contributed by atoms with Crippen molar-refractivity contribution in [3.63, 3.8) is 0 Å². The van der Waals surface area contributed by atoms with E-state index >= 15 is 0 Å². The Balaban J connectivity index is 2.19. The number of carbonyl (C=O) groups is 1. The fourth-order valence-electron chi connectivity index (χ4n) is 2.95. The first kappa shape index (κ1) is 21.8. The van der Waals surface area contributed by atoms with Crippen LogP contribution in [0, 0.1) is 11.6 Å². The molecule has 0 atom stereocenters. The molecule has 30 heavy (non-hydrogen) atoms. The van der Waals surface area contributed by atoms with Crippen LogP contribution in [-0.4, -0.2) is 26.2 Å². The van der Waals surface area contributed by atoms with Gasteiger partial charge in [0, 0.05) is 12.1 Å². The van der Waals surface area contributed by atoms with Crippen molar-refractivity contribution in [2.24, 2.45) is 0 Å². The van der Waals surface area contributed by atoms with Gasteiger partial charge in [-0.25, -0.2) is 17.2 Å². The van der Waals surface area contributed by atoms with Crippen LogP contribution in [-0.2, 0) is 21.0 Å². The Hall–Kier alpha value is -2.89. The predicted octanol–water partition coefficient (Wildman–Crippen LogP) is 4.19. The van der Waals surface area contributed by atoms with Crippen molar-refractivity contribution < 1.29 is 39.9 Å². The molecule has 6 nitrogen and oxygen atoms in total. The van der Waals surface area contributed by atoms with Crippen LogP contribution in [0.5, 0.6) is 5.75 Å². The maximum absolute atomic E-state index is 14.9. The molecule has 2 aromatic carbocycles. The summed E-state index contributed by atoms with van der Waals surface area (Å²) in [5.74, 6) is -3.87. The summed E-state index contributed by atoms with van der Waals surface area (Å²) in [6.07, 6.45) is -4.11. The van der Waals surface area contributed by atoms with Crippen LogP contribution in [0.25, 0.3) is 0 Å². The molecule has 12 heteroatoms. The summed E-state index contributed by atoms with van der Waals surface area (Å²) >= 11 is 0. The third kappa shape index (κ3) is 4.04. The van der Waals surface area contributed by atoms with Gasteiger partial charge in [0.1, 0.15) is 17.3 Å². The Bertz CT molecular complexity index is 1150. The number of amides is 1. The van der Waals surface area contributed by atoms with Gasteiger partial charge >= 0.3 is 6.18 Å². The van der Waals surface area contributed by atoms with Crippen LogP contribution in [0.4, 0.5) is 39.0 Å². The topological polar surface area (TPSA) is 75.7 Å². The highest BCUT2D eigenvalue weighted by Gasteiger charge is 2.44. The molecule has 1 N–H and O–H groups in total. The number of fused-ring (bicyclic) bond motifs is 1. The molecule has 0 spiro atoms. The highest BCUT2D eigenvalue weighted by atomic mass is 32.2. The summed E-state index contributed by atoms with van der Waals surface area (Å²) < 4.78 is 97.9. The quantitative estimate of drug-likeness (QED) is 0.712. The molecule has 1 aliphatic heterocycles. The SMILES string of the molecule is CC1(C)Oc2cc(NS(C)(=O)=O)cc(F)c2N(c2ccc(C(F)(F)F)c(F)c2)C1=O. The molecule has 0 unspecified atom stereocenters. The molecule has 162 valence electrons. The molecular formula is C18H15F5N2O4S. The van der Waals surface area contributed by atoms with Crippen LogP contribution in [0.3, 0.4) is 0 Å². The molecule has 3 rings (SSSR count). The zero-order valence-electron chi connectivity index (χ0n) is 15.8. The van der Waals surface area contributed by atoms with E-state index in [9.17, 15) is 35.2 Å². The predicted molar refractivity (Wildman–Crippen MR) is 98.1 cm³/mol. The number of alkyl halides is 3. The minimum Gasteiger partial charge on any atom is -0.476 e. The van der Waals surface area contributed by atoms with Crippen molar-refractivity contribution in [1.29, 1.82) is 0 Å². The number of rotatable bonds is 3. The molecule has 1 heterocycles. The maximum Gasteiger partial charge on any atom is 0.419 e. The van der Waals surface area contributed by atoms with Gasteiger partial charge in [0.25, 0.3) is 5.91 Å². The minimum atomic E-state index is -4.95. The zero-order chi connectivity index (χ0) is 22.6. The largest absolute Gasteiger partial charge is 0.476 e. The fourth-order valence-corrected chi connectivity index (χ4v) is 3.50.